The van der Waals surface area contributed by atoms with E-state index in [2.05, 4.69) is 20.1 Å². The van der Waals surface area contributed by atoms with Crippen molar-refractivity contribution in [1.82, 2.24) is 24.6 Å². The minimum atomic E-state index is -4.57. The van der Waals surface area contributed by atoms with Gasteiger partial charge in [0.05, 0.1) is 6.20 Å². The molecule has 0 unspecified atom stereocenters. The molecule has 0 aliphatic heterocycles. The topological polar surface area (TPSA) is 56.0 Å². The number of hydrogen-bond donors (Lipinski definition) is 0. The zero-order chi connectivity index (χ0) is 17.1. The van der Waals surface area contributed by atoms with E-state index in [0.29, 0.717) is 23.2 Å². The highest BCUT2D eigenvalue weighted by molar-refractivity contribution is 6.29. The predicted octanol–water partition coefficient (Wildman–Crippen LogP) is 3.60. The average molecular weight is 358 g/mol. The van der Waals surface area contributed by atoms with E-state index < -0.39 is 17.9 Å². The molecule has 0 spiro atoms. The lowest BCUT2D eigenvalue weighted by molar-refractivity contribution is -0.145. The first-order valence-electron chi connectivity index (χ1n) is 6.93. The highest BCUT2D eigenvalue weighted by atomic mass is 35.5. The second kappa shape index (κ2) is 5.10. The predicted molar refractivity (Wildman–Crippen MR) is 75.1 cm³/mol. The van der Waals surface area contributed by atoms with Gasteiger partial charge in [-0.25, -0.2) is 15.0 Å². The van der Waals surface area contributed by atoms with Crippen molar-refractivity contribution >= 4 is 17.2 Å². The lowest BCUT2D eigenvalue weighted by atomic mass is 10.1. The quantitative estimate of drug-likeness (QED) is 0.658. The molecule has 1 aliphatic rings. The van der Waals surface area contributed by atoms with Crippen molar-refractivity contribution in [2.75, 3.05) is 0 Å². The molecule has 1 fully saturated rings. The van der Waals surface area contributed by atoms with Gasteiger partial charge in [0.25, 0.3) is 0 Å². The summed E-state index contributed by atoms with van der Waals surface area (Å²) in [4.78, 5) is 10.7. The van der Waals surface area contributed by atoms with Crippen LogP contribution in [0.3, 0.4) is 0 Å². The van der Waals surface area contributed by atoms with Gasteiger partial charge in [0.15, 0.2) is 10.8 Å². The molecular weight excluding hydrogens is 350 g/mol. The molecule has 124 valence electrons. The molecule has 0 amide bonds. The Kier molecular flexibility index (Phi) is 3.24. The van der Waals surface area contributed by atoms with Crippen LogP contribution < -0.4 is 0 Å². The molecule has 4 rings (SSSR count). The zero-order valence-electron chi connectivity index (χ0n) is 11.8. The van der Waals surface area contributed by atoms with Crippen molar-refractivity contribution in [3.63, 3.8) is 0 Å². The minimum Gasteiger partial charge on any atom is -0.233 e. The summed E-state index contributed by atoms with van der Waals surface area (Å²) in [5.74, 6) is -1.92. The first-order valence-corrected chi connectivity index (χ1v) is 7.31. The van der Waals surface area contributed by atoms with Gasteiger partial charge in [-0.15, -0.1) is 0 Å². The number of hydrogen-bond acceptors (Lipinski definition) is 4. The summed E-state index contributed by atoms with van der Waals surface area (Å²) >= 11 is 5.91. The molecule has 0 radical (unpaired) electrons. The van der Waals surface area contributed by atoms with Crippen molar-refractivity contribution in [1.29, 1.82) is 0 Å². The third kappa shape index (κ3) is 2.48. The number of alkyl halides is 3. The van der Waals surface area contributed by atoms with Crippen molar-refractivity contribution in [2.24, 2.45) is 0 Å². The third-order valence-electron chi connectivity index (χ3n) is 3.97. The standard InChI is InChI=1S/C14H8ClF4N5/c15-10-2-9(12-20-5-11(16)24(12)23-10)8-1-7(8)6-3-21-13(22-4-6)14(17,18)19/h2-5,7-8H,1H2/t7-,8+/m0/s1. The Morgan fingerprint density at radius 3 is 2.46 bits per heavy atom. The van der Waals surface area contributed by atoms with Crippen LogP contribution in [0.2, 0.25) is 5.15 Å². The molecular formula is C14H8ClF4N5. The van der Waals surface area contributed by atoms with Gasteiger partial charge in [0, 0.05) is 18.0 Å². The van der Waals surface area contributed by atoms with Crippen LogP contribution in [-0.4, -0.2) is 24.6 Å². The fourth-order valence-electron chi connectivity index (χ4n) is 2.79. The Balaban J connectivity index is 1.65. The van der Waals surface area contributed by atoms with Crippen molar-refractivity contribution in [3.8, 4) is 0 Å². The largest absolute Gasteiger partial charge is 0.451 e. The van der Waals surface area contributed by atoms with E-state index in [1.165, 1.54) is 12.4 Å². The maximum Gasteiger partial charge on any atom is 0.451 e. The van der Waals surface area contributed by atoms with Gasteiger partial charge < -0.3 is 0 Å². The smallest absolute Gasteiger partial charge is 0.233 e. The Bertz CT molecular complexity index is 921. The zero-order valence-corrected chi connectivity index (χ0v) is 12.6. The number of nitrogens with zero attached hydrogens (tertiary/aromatic N) is 5. The SMILES string of the molecule is Fc1cnc2c([C@@H]3C[C@H]3c3cnc(C(F)(F)F)nc3)cc(Cl)nn12. The van der Waals surface area contributed by atoms with Crippen LogP contribution in [0.25, 0.3) is 5.65 Å². The van der Waals surface area contributed by atoms with Gasteiger partial charge in [0.2, 0.25) is 11.8 Å². The van der Waals surface area contributed by atoms with Crippen molar-refractivity contribution in [3.05, 3.63) is 52.7 Å². The third-order valence-corrected chi connectivity index (χ3v) is 4.15. The Hall–Kier alpha value is -2.29. The van der Waals surface area contributed by atoms with Gasteiger partial charge >= 0.3 is 6.18 Å². The number of imidazole rings is 1. The maximum absolute atomic E-state index is 13.6. The first kappa shape index (κ1) is 15.3. The normalized spacial score (nSPS) is 20.5. The lowest BCUT2D eigenvalue weighted by Crippen LogP contribution is -2.10. The molecule has 5 nitrogen and oxygen atoms in total. The fourth-order valence-corrected chi connectivity index (χ4v) is 2.98. The summed E-state index contributed by atoms with van der Waals surface area (Å²) in [7, 11) is 0. The van der Waals surface area contributed by atoms with E-state index in [1.807, 2.05) is 0 Å². The number of rotatable bonds is 2. The van der Waals surface area contributed by atoms with Crippen LogP contribution in [-0.2, 0) is 6.18 Å². The molecule has 0 bridgehead atoms. The van der Waals surface area contributed by atoms with Crippen LogP contribution >= 0.6 is 11.6 Å². The lowest BCUT2D eigenvalue weighted by Gasteiger charge is -2.06. The summed E-state index contributed by atoms with van der Waals surface area (Å²) < 4.78 is 52.1. The molecule has 10 heteroatoms. The summed E-state index contributed by atoms with van der Waals surface area (Å²) in [6.07, 6.45) is -0.515. The van der Waals surface area contributed by atoms with Crippen LogP contribution in [0.4, 0.5) is 17.6 Å². The van der Waals surface area contributed by atoms with Crippen LogP contribution in [0.1, 0.15) is 35.2 Å². The van der Waals surface area contributed by atoms with E-state index in [0.717, 1.165) is 10.7 Å². The Morgan fingerprint density at radius 1 is 1.08 bits per heavy atom. The summed E-state index contributed by atoms with van der Waals surface area (Å²) in [5.41, 5.74) is 1.63. The first-order chi connectivity index (χ1) is 11.3. The van der Waals surface area contributed by atoms with E-state index >= 15 is 0 Å². The monoisotopic (exact) mass is 357 g/mol. The second-order valence-corrected chi connectivity index (χ2v) is 5.91. The van der Waals surface area contributed by atoms with Gasteiger partial charge in [-0.2, -0.15) is 27.2 Å². The highest BCUT2D eigenvalue weighted by Gasteiger charge is 2.42. The minimum absolute atomic E-state index is 0.0462. The molecule has 0 N–H and O–H groups in total. The van der Waals surface area contributed by atoms with Crippen molar-refractivity contribution < 1.29 is 17.6 Å². The van der Waals surface area contributed by atoms with E-state index in [4.69, 9.17) is 11.6 Å². The summed E-state index contributed by atoms with van der Waals surface area (Å²) in [6.45, 7) is 0. The molecule has 1 aliphatic carbocycles. The molecule has 2 atom stereocenters. The number of halogens is 5. The summed E-state index contributed by atoms with van der Waals surface area (Å²) in [5, 5.41) is 3.95. The Morgan fingerprint density at radius 2 is 1.79 bits per heavy atom. The van der Waals surface area contributed by atoms with E-state index in [-0.39, 0.29) is 17.0 Å². The molecule has 0 aromatic carbocycles. The number of fused-ring (bicyclic) bond motifs is 1. The summed E-state index contributed by atoms with van der Waals surface area (Å²) in [6, 6.07) is 1.60. The molecule has 3 aromatic rings. The van der Waals surface area contributed by atoms with E-state index in [1.54, 1.807) is 6.07 Å². The molecule has 3 aromatic heterocycles. The molecule has 0 saturated heterocycles. The van der Waals surface area contributed by atoms with Gasteiger partial charge in [-0.1, -0.05) is 11.6 Å². The van der Waals surface area contributed by atoms with Crippen LogP contribution in [0.15, 0.2) is 24.7 Å². The number of aromatic nitrogens is 5. The Labute approximate surface area is 137 Å². The average Bonchev–Trinajstić information content (AvgIpc) is 3.24. The van der Waals surface area contributed by atoms with Crippen molar-refractivity contribution in [2.45, 2.75) is 24.4 Å². The van der Waals surface area contributed by atoms with Crippen LogP contribution in [0, 0.1) is 5.95 Å². The van der Waals surface area contributed by atoms with Gasteiger partial charge in [-0.3, -0.25) is 0 Å². The second-order valence-electron chi connectivity index (χ2n) is 5.53. The van der Waals surface area contributed by atoms with Gasteiger partial charge in [0.1, 0.15) is 0 Å². The molecule has 1 saturated carbocycles. The molecule has 24 heavy (non-hydrogen) atoms. The van der Waals surface area contributed by atoms with Gasteiger partial charge in [-0.05, 0) is 29.9 Å². The molecule has 3 heterocycles. The maximum atomic E-state index is 13.6. The fraction of sp³-hybridized carbons (Fsp3) is 0.286. The van der Waals surface area contributed by atoms with Crippen LogP contribution in [0.5, 0.6) is 0 Å². The van der Waals surface area contributed by atoms with E-state index in [9.17, 15) is 17.6 Å². The highest BCUT2D eigenvalue weighted by Crippen LogP contribution is 2.55.